The Morgan fingerprint density at radius 3 is 2.81 bits per heavy atom. The molecule has 0 aliphatic heterocycles. The van der Waals surface area contributed by atoms with Gasteiger partial charge >= 0.3 is 0 Å². The van der Waals surface area contributed by atoms with Gasteiger partial charge in [0.1, 0.15) is 0 Å². The first kappa shape index (κ1) is 13.2. The molecule has 0 fully saturated rings. The maximum absolute atomic E-state index is 12.3. The van der Waals surface area contributed by atoms with Crippen LogP contribution in [0, 0.1) is 0 Å². The van der Waals surface area contributed by atoms with Gasteiger partial charge in [-0.05, 0) is 29.7 Å². The van der Waals surface area contributed by atoms with Gasteiger partial charge in [0.25, 0.3) is 5.91 Å². The van der Waals surface area contributed by atoms with Crippen LogP contribution >= 0.6 is 0 Å². The molecule has 0 radical (unpaired) electrons. The third-order valence-electron chi connectivity index (χ3n) is 3.35. The Hall–Kier alpha value is -2.82. The lowest BCUT2D eigenvalue weighted by atomic mass is 10.1. The molecule has 0 spiro atoms. The van der Waals surface area contributed by atoms with Crippen LogP contribution in [-0.2, 0) is 7.05 Å². The first-order valence-corrected chi connectivity index (χ1v) is 6.54. The van der Waals surface area contributed by atoms with Gasteiger partial charge < -0.3 is 14.6 Å². The van der Waals surface area contributed by atoms with Crippen molar-refractivity contribution < 1.29 is 9.53 Å². The topological polar surface area (TPSA) is 56.1 Å². The van der Waals surface area contributed by atoms with Gasteiger partial charge in [0, 0.05) is 30.4 Å². The fourth-order valence-corrected chi connectivity index (χ4v) is 2.18. The smallest absolute Gasteiger partial charge is 0.255 e. The third-order valence-corrected chi connectivity index (χ3v) is 3.35. The minimum absolute atomic E-state index is 0.162. The fraction of sp³-hybridized carbons (Fsp3) is 0.125. The standard InChI is InChI=1S/C16H15N3O2/c1-19-8-7-11-3-4-12(9-14(11)19)16(20)18-13-5-6-15(21-2)17-10-13/h3-10H,1-2H3,(H,18,20). The average Bonchev–Trinajstić information content (AvgIpc) is 2.89. The minimum atomic E-state index is -0.162. The summed E-state index contributed by atoms with van der Waals surface area (Å²) >= 11 is 0. The number of methoxy groups -OCH3 is 1. The van der Waals surface area contributed by atoms with Crippen molar-refractivity contribution in [2.45, 2.75) is 0 Å². The van der Waals surface area contributed by atoms with Gasteiger partial charge in [-0.2, -0.15) is 0 Å². The zero-order valence-corrected chi connectivity index (χ0v) is 11.8. The van der Waals surface area contributed by atoms with Crippen molar-refractivity contribution in [2.75, 3.05) is 12.4 Å². The van der Waals surface area contributed by atoms with Gasteiger partial charge in [-0.3, -0.25) is 4.79 Å². The van der Waals surface area contributed by atoms with Crippen LogP contribution in [0.4, 0.5) is 5.69 Å². The van der Waals surface area contributed by atoms with Gasteiger partial charge in [-0.25, -0.2) is 4.98 Å². The monoisotopic (exact) mass is 281 g/mol. The van der Waals surface area contributed by atoms with Gasteiger partial charge in [-0.1, -0.05) is 6.07 Å². The first-order chi connectivity index (χ1) is 10.2. The molecule has 0 aliphatic carbocycles. The Morgan fingerprint density at radius 2 is 2.10 bits per heavy atom. The molecule has 1 N–H and O–H groups in total. The third kappa shape index (κ3) is 2.58. The second kappa shape index (κ2) is 5.28. The van der Waals surface area contributed by atoms with Crippen molar-refractivity contribution in [3.05, 3.63) is 54.4 Å². The molecule has 1 amide bonds. The van der Waals surface area contributed by atoms with Crippen molar-refractivity contribution in [3.8, 4) is 5.88 Å². The number of nitrogens with one attached hydrogen (secondary N) is 1. The number of nitrogens with zero attached hydrogens (tertiary/aromatic N) is 2. The molecule has 2 heterocycles. The summed E-state index contributed by atoms with van der Waals surface area (Å²) in [6.07, 6.45) is 3.54. The lowest BCUT2D eigenvalue weighted by molar-refractivity contribution is 0.102. The van der Waals surface area contributed by atoms with Crippen molar-refractivity contribution >= 4 is 22.5 Å². The molecule has 3 rings (SSSR count). The van der Waals surface area contributed by atoms with Gasteiger partial charge in [-0.15, -0.1) is 0 Å². The molecule has 0 saturated carbocycles. The van der Waals surface area contributed by atoms with E-state index in [1.165, 1.54) is 0 Å². The largest absolute Gasteiger partial charge is 0.481 e. The number of aromatic nitrogens is 2. The highest BCUT2D eigenvalue weighted by Crippen LogP contribution is 2.18. The van der Waals surface area contributed by atoms with Crippen molar-refractivity contribution in [3.63, 3.8) is 0 Å². The fourth-order valence-electron chi connectivity index (χ4n) is 2.18. The summed E-state index contributed by atoms with van der Waals surface area (Å²) in [5.41, 5.74) is 2.27. The number of ether oxygens (including phenoxy) is 1. The van der Waals surface area contributed by atoms with Crippen LogP contribution in [0.25, 0.3) is 10.9 Å². The number of aryl methyl sites for hydroxylation is 1. The summed E-state index contributed by atoms with van der Waals surface area (Å²) in [5, 5.41) is 3.93. The number of hydrogen-bond donors (Lipinski definition) is 1. The molecule has 106 valence electrons. The number of carbonyl (C=O) groups excluding carboxylic acids is 1. The maximum atomic E-state index is 12.3. The zero-order valence-electron chi connectivity index (χ0n) is 11.8. The predicted octanol–water partition coefficient (Wildman–Crippen LogP) is 2.83. The molecule has 21 heavy (non-hydrogen) atoms. The zero-order chi connectivity index (χ0) is 14.8. The Morgan fingerprint density at radius 1 is 1.24 bits per heavy atom. The predicted molar refractivity (Wildman–Crippen MR) is 81.7 cm³/mol. The van der Waals surface area contributed by atoms with Crippen LogP contribution in [-0.4, -0.2) is 22.6 Å². The molecule has 0 aliphatic rings. The van der Waals surface area contributed by atoms with Crippen LogP contribution in [0.15, 0.2) is 48.8 Å². The normalized spacial score (nSPS) is 10.6. The van der Waals surface area contributed by atoms with Crippen molar-refractivity contribution in [2.24, 2.45) is 7.05 Å². The molecule has 2 aromatic heterocycles. The lowest BCUT2D eigenvalue weighted by Crippen LogP contribution is -2.12. The molecule has 5 heteroatoms. The lowest BCUT2D eigenvalue weighted by Gasteiger charge is -2.06. The maximum Gasteiger partial charge on any atom is 0.255 e. The summed E-state index contributed by atoms with van der Waals surface area (Å²) in [7, 11) is 3.51. The van der Waals surface area contributed by atoms with E-state index < -0.39 is 0 Å². The SMILES string of the molecule is COc1ccc(NC(=O)c2ccc3ccn(C)c3c2)cn1. The molecule has 0 atom stereocenters. The van der Waals surface area contributed by atoms with E-state index in [2.05, 4.69) is 10.3 Å². The average molecular weight is 281 g/mol. The van der Waals surface area contributed by atoms with Crippen LogP contribution < -0.4 is 10.1 Å². The van der Waals surface area contributed by atoms with Gasteiger partial charge in [0.2, 0.25) is 5.88 Å². The van der Waals surface area contributed by atoms with E-state index in [9.17, 15) is 4.79 Å². The number of amides is 1. The van der Waals surface area contributed by atoms with Crippen LogP contribution in [0.2, 0.25) is 0 Å². The Labute approximate surface area is 122 Å². The quantitative estimate of drug-likeness (QED) is 0.803. The molecule has 0 bridgehead atoms. The molecule has 5 nitrogen and oxygen atoms in total. The number of anilines is 1. The Kier molecular flexibility index (Phi) is 3.31. The Bertz CT molecular complexity index is 791. The molecule has 1 aromatic carbocycles. The van der Waals surface area contributed by atoms with E-state index in [0.29, 0.717) is 17.1 Å². The highest BCUT2D eigenvalue weighted by Gasteiger charge is 2.08. The van der Waals surface area contributed by atoms with E-state index in [4.69, 9.17) is 4.74 Å². The number of fused-ring (bicyclic) bond motifs is 1. The highest BCUT2D eigenvalue weighted by atomic mass is 16.5. The van der Waals surface area contributed by atoms with Crippen LogP contribution in [0.1, 0.15) is 10.4 Å². The molecule has 0 unspecified atom stereocenters. The molecular weight excluding hydrogens is 266 g/mol. The highest BCUT2D eigenvalue weighted by molar-refractivity contribution is 6.06. The second-order valence-corrected chi connectivity index (χ2v) is 4.74. The molecule has 0 saturated heterocycles. The summed E-state index contributed by atoms with van der Waals surface area (Å²) in [5.74, 6) is 0.350. The summed E-state index contributed by atoms with van der Waals surface area (Å²) < 4.78 is 6.97. The number of benzene rings is 1. The summed E-state index contributed by atoms with van der Waals surface area (Å²) in [6.45, 7) is 0. The second-order valence-electron chi connectivity index (χ2n) is 4.74. The van der Waals surface area contributed by atoms with E-state index in [-0.39, 0.29) is 5.91 Å². The summed E-state index contributed by atoms with van der Waals surface area (Å²) in [6, 6.07) is 11.1. The van der Waals surface area contributed by atoms with Gasteiger partial charge in [0.05, 0.1) is 19.0 Å². The van der Waals surface area contributed by atoms with E-state index >= 15 is 0 Å². The number of hydrogen-bond acceptors (Lipinski definition) is 3. The van der Waals surface area contributed by atoms with E-state index in [0.717, 1.165) is 10.9 Å². The molecular formula is C16H15N3O2. The van der Waals surface area contributed by atoms with Crippen LogP contribution in [0.3, 0.4) is 0 Å². The van der Waals surface area contributed by atoms with E-state index in [1.807, 2.05) is 42.1 Å². The Balaban J connectivity index is 1.83. The van der Waals surface area contributed by atoms with Crippen molar-refractivity contribution in [1.82, 2.24) is 9.55 Å². The first-order valence-electron chi connectivity index (χ1n) is 6.54. The summed E-state index contributed by atoms with van der Waals surface area (Å²) in [4.78, 5) is 16.3. The number of rotatable bonds is 3. The molecule has 3 aromatic rings. The number of carbonyl (C=O) groups is 1. The van der Waals surface area contributed by atoms with Crippen LogP contribution in [0.5, 0.6) is 5.88 Å². The van der Waals surface area contributed by atoms with Gasteiger partial charge in [0.15, 0.2) is 0 Å². The number of pyridine rings is 1. The van der Waals surface area contributed by atoms with Crippen molar-refractivity contribution in [1.29, 1.82) is 0 Å². The van der Waals surface area contributed by atoms with E-state index in [1.54, 1.807) is 25.4 Å². The minimum Gasteiger partial charge on any atom is -0.481 e.